The Hall–Kier alpha value is -1.33. The summed E-state index contributed by atoms with van der Waals surface area (Å²) >= 11 is 1.36. The van der Waals surface area contributed by atoms with Crippen LogP contribution in [0, 0.1) is 12.7 Å². The fraction of sp³-hybridized carbons (Fsp3) is 0.273. The van der Waals surface area contributed by atoms with Gasteiger partial charge in [0.1, 0.15) is 5.82 Å². The molecule has 0 amide bonds. The molecule has 0 fully saturated rings. The van der Waals surface area contributed by atoms with Gasteiger partial charge in [0.15, 0.2) is 0 Å². The average molecular weight is 237 g/mol. The zero-order valence-electron chi connectivity index (χ0n) is 9.07. The molecule has 0 bridgehead atoms. The third-order valence-corrected chi connectivity index (χ3v) is 3.33. The Morgan fingerprint density at radius 1 is 1.31 bits per heavy atom. The number of hydrogen-bond acceptors (Lipinski definition) is 4. The van der Waals surface area contributed by atoms with Crippen molar-refractivity contribution in [3.05, 3.63) is 46.2 Å². The summed E-state index contributed by atoms with van der Waals surface area (Å²) in [6, 6.07) is 6.50. The van der Waals surface area contributed by atoms with E-state index in [0.717, 1.165) is 16.1 Å². The van der Waals surface area contributed by atoms with Crippen molar-refractivity contribution in [3.63, 3.8) is 0 Å². The van der Waals surface area contributed by atoms with Crippen LogP contribution < -0.4 is 5.32 Å². The van der Waals surface area contributed by atoms with Crippen LogP contribution in [0.15, 0.2) is 24.3 Å². The number of halogens is 1. The summed E-state index contributed by atoms with van der Waals surface area (Å²) in [7, 11) is 1.87. The molecule has 84 valence electrons. The third kappa shape index (κ3) is 2.10. The van der Waals surface area contributed by atoms with E-state index < -0.39 is 0 Å². The van der Waals surface area contributed by atoms with E-state index in [9.17, 15) is 4.39 Å². The second-order valence-electron chi connectivity index (χ2n) is 3.50. The lowest BCUT2D eigenvalue weighted by Gasteiger charge is -2.14. The summed E-state index contributed by atoms with van der Waals surface area (Å²) in [5.74, 6) is -0.224. The molecule has 1 unspecified atom stereocenters. The van der Waals surface area contributed by atoms with Crippen molar-refractivity contribution in [2.75, 3.05) is 7.05 Å². The maximum atomic E-state index is 12.8. The van der Waals surface area contributed by atoms with Gasteiger partial charge in [0.2, 0.25) is 0 Å². The summed E-state index contributed by atoms with van der Waals surface area (Å²) in [5.41, 5.74) is 1.92. The summed E-state index contributed by atoms with van der Waals surface area (Å²) in [5, 5.41) is 7.17. The molecule has 2 aromatic rings. The highest BCUT2D eigenvalue weighted by molar-refractivity contribution is 7.05. The van der Waals surface area contributed by atoms with Crippen LogP contribution in [0.4, 0.5) is 4.39 Å². The van der Waals surface area contributed by atoms with E-state index in [4.69, 9.17) is 0 Å². The Morgan fingerprint density at radius 2 is 2.00 bits per heavy atom. The van der Waals surface area contributed by atoms with Crippen molar-refractivity contribution in [1.82, 2.24) is 14.9 Å². The largest absolute Gasteiger partial charge is 0.309 e. The second kappa shape index (κ2) is 4.67. The van der Waals surface area contributed by atoms with Gasteiger partial charge >= 0.3 is 0 Å². The number of aryl methyl sites for hydroxylation is 1. The first-order chi connectivity index (χ1) is 7.72. The van der Waals surface area contributed by atoms with Gasteiger partial charge in [-0.1, -0.05) is 16.6 Å². The van der Waals surface area contributed by atoms with Gasteiger partial charge in [0, 0.05) is 0 Å². The lowest BCUT2D eigenvalue weighted by molar-refractivity contribution is 0.624. The van der Waals surface area contributed by atoms with Gasteiger partial charge in [-0.05, 0) is 43.2 Å². The molecule has 2 rings (SSSR count). The van der Waals surface area contributed by atoms with E-state index in [1.165, 1.54) is 23.7 Å². The molecule has 0 saturated heterocycles. The van der Waals surface area contributed by atoms with Crippen LogP contribution in [0.2, 0.25) is 0 Å². The number of benzene rings is 1. The normalized spacial score (nSPS) is 12.7. The number of hydrogen-bond donors (Lipinski definition) is 1. The zero-order chi connectivity index (χ0) is 11.5. The van der Waals surface area contributed by atoms with Gasteiger partial charge in [-0.25, -0.2) is 4.39 Å². The quantitative estimate of drug-likeness (QED) is 0.890. The molecule has 5 heteroatoms. The molecular weight excluding hydrogens is 225 g/mol. The average Bonchev–Trinajstić information content (AvgIpc) is 2.69. The first-order valence-corrected chi connectivity index (χ1v) is 5.71. The zero-order valence-corrected chi connectivity index (χ0v) is 9.88. The highest BCUT2D eigenvalue weighted by Gasteiger charge is 2.17. The Bertz CT molecular complexity index is 466. The summed E-state index contributed by atoms with van der Waals surface area (Å²) in [6.45, 7) is 1.92. The van der Waals surface area contributed by atoms with Crippen LogP contribution in [0.5, 0.6) is 0 Å². The third-order valence-electron chi connectivity index (χ3n) is 2.44. The monoisotopic (exact) mass is 237 g/mol. The summed E-state index contributed by atoms with van der Waals surface area (Å²) in [4.78, 5) is 1.06. The van der Waals surface area contributed by atoms with Crippen molar-refractivity contribution in [3.8, 4) is 0 Å². The molecule has 1 aromatic carbocycles. The molecule has 1 N–H and O–H groups in total. The van der Waals surface area contributed by atoms with E-state index in [1.807, 2.05) is 14.0 Å². The Balaban J connectivity index is 2.37. The van der Waals surface area contributed by atoms with E-state index >= 15 is 0 Å². The van der Waals surface area contributed by atoms with Crippen LogP contribution in [0.1, 0.15) is 22.2 Å². The highest BCUT2D eigenvalue weighted by Crippen LogP contribution is 2.26. The molecule has 0 aliphatic heterocycles. The standard InChI is InChI=1S/C11H12FN3S/c1-7-11(16-15-14-7)10(13-2)8-3-5-9(12)6-4-8/h3-6,10,13H,1-2H3. The van der Waals surface area contributed by atoms with Crippen LogP contribution in [-0.2, 0) is 0 Å². The minimum Gasteiger partial charge on any atom is -0.309 e. The maximum Gasteiger partial charge on any atom is 0.123 e. The van der Waals surface area contributed by atoms with Crippen LogP contribution in [-0.4, -0.2) is 16.6 Å². The van der Waals surface area contributed by atoms with Gasteiger partial charge in [-0.2, -0.15) is 0 Å². The molecule has 0 spiro atoms. The van der Waals surface area contributed by atoms with Gasteiger partial charge in [-0.3, -0.25) is 0 Å². The van der Waals surface area contributed by atoms with E-state index in [-0.39, 0.29) is 11.9 Å². The predicted octanol–water partition coefficient (Wildman–Crippen LogP) is 2.29. The SMILES string of the molecule is CNC(c1ccc(F)cc1)c1snnc1C. The fourth-order valence-electron chi connectivity index (χ4n) is 1.61. The smallest absolute Gasteiger partial charge is 0.123 e. The lowest BCUT2D eigenvalue weighted by atomic mass is 10.0. The Morgan fingerprint density at radius 3 is 2.50 bits per heavy atom. The second-order valence-corrected chi connectivity index (χ2v) is 4.28. The van der Waals surface area contributed by atoms with Crippen molar-refractivity contribution in [2.24, 2.45) is 0 Å². The van der Waals surface area contributed by atoms with E-state index in [1.54, 1.807) is 12.1 Å². The molecule has 1 atom stereocenters. The molecule has 0 aliphatic carbocycles. The predicted molar refractivity (Wildman–Crippen MR) is 61.9 cm³/mol. The number of nitrogens with one attached hydrogen (secondary N) is 1. The van der Waals surface area contributed by atoms with Gasteiger partial charge < -0.3 is 5.32 Å². The molecule has 0 radical (unpaired) electrons. The Kier molecular flexibility index (Phi) is 3.26. The number of rotatable bonds is 3. The molecular formula is C11H12FN3S. The first-order valence-electron chi connectivity index (χ1n) is 4.94. The van der Waals surface area contributed by atoms with Gasteiger partial charge in [-0.15, -0.1) is 5.10 Å². The van der Waals surface area contributed by atoms with Crippen molar-refractivity contribution < 1.29 is 4.39 Å². The maximum absolute atomic E-state index is 12.8. The summed E-state index contributed by atoms with van der Waals surface area (Å²) in [6.07, 6.45) is 0. The number of aromatic nitrogens is 2. The van der Waals surface area contributed by atoms with Crippen LogP contribution >= 0.6 is 11.5 Å². The van der Waals surface area contributed by atoms with Crippen molar-refractivity contribution >= 4 is 11.5 Å². The first kappa shape index (κ1) is 11.2. The molecule has 16 heavy (non-hydrogen) atoms. The van der Waals surface area contributed by atoms with Crippen LogP contribution in [0.25, 0.3) is 0 Å². The van der Waals surface area contributed by atoms with Crippen molar-refractivity contribution in [1.29, 1.82) is 0 Å². The minimum absolute atomic E-state index is 0.0283. The van der Waals surface area contributed by atoms with Crippen LogP contribution in [0.3, 0.4) is 0 Å². The molecule has 1 aromatic heterocycles. The van der Waals surface area contributed by atoms with Crippen molar-refractivity contribution in [2.45, 2.75) is 13.0 Å². The lowest BCUT2D eigenvalue weighted by Crippen LogP contribution is -2.17. The minimum atomic E-state index is -0.224. The van der Waals surface area contributed by atoms with E-state index in [0.29, 0.717) is 0 Å². The number of nitrogens with zero attached hydrogens (tertiary/aromatic N) is 2. The highest BCUT2D eigenvalue weighted by atomic mass is 32.1. The molecule has 0 aliphatic rings. The van der Waals surface area contributed by atoms with Gasteiger partial charge in [0.05, 0.1) is 16.6 Å². The van der Waals surface area contributed by atoms with Gasteiger partial charge in [0.25, 0.3) is 0 Å². The molecule has 3 nitrogen and oxygen atoms in total. The summed E-state index contributed by atoms with van der Waals surface area (Å²) < 4.78 is 16.7. The van der Waals surface area contributed by atoms with E-state index in [2.05, 4.69) is 14.9 Å². The molecule has 0 saturated carbocycles. The Labute approximate surface area is 97.5 Å². The molecule has 1 heterocycles. The topological polar surface area (TPSA) is 37.8 Å². The fourth-order valence-corrected chi connectivity index (χ4v) is 2.39.